The van der Waals surface area contributed by atoms with E-state index in [1.54, 1.807) is 16.7 Å². The standard InChI is InChI=1S/C19H26N2O4/c1-14(22)20-8-5-9-21(11-10-20)17(23)13-24-16-7-4-6-15-12-19(2,3)25-18(15)16/h4,6-7H,5,8-13H2,1-3H3. The predicted molar refractivity (Wildman–Crippen MR) is 93.8 cm³/mol. The van der Waals surface area contributed by atoms with Crippen molar-refractivity contribution in [2.24, 2.45) is 0 Å². The molecule has 2 heterocycles. The van der Waals surface area contributed by atoms with E-state index in [9.17, 15) is 9.59 Å². The normalized spacial score (nSPS) is 19.0. The van der Waals surface area contributed by atoms with Gasteiger partial charge in [-0.1, -0.05) is 12.1 Å². The maximum absolute atomic E-state index is 12.5. The fourth-order valence-corrected chi connectivity index (χ4v) is 3.41. The van der Waals surface area contributed by atoms with Crippen LogP contribution in [0.4, 0.5) is 0 Å². The Labute approximate surface area is 148 Å². The lowest BCUT2D eigenvalue weighted by Gasteiger charge is -2.22. The third-order valence-corrected chi connectivity index (χ3v) is 4.70. The fraction of sp³-hybridized carbons (Fsp3) is 0.579. The van der Waals surface area contributed by atoms with Crippen LogP contribution in [0.2, 0.25) is 0 Å². The van der Waals surface area contributed by atoms with Gasteiger partial charge in [0.15, 0.2) is 18.1 Å². The molecule has 1 fully saturated rings. The molecular weight excluding hydrogens is 320 g/mol. The summed E-state index contributed by atoms with van der Waals surface area (Å²) in [5, 5.41) is 0. The smallest absolute Gasteiger partial charge is 0.260 e. The predicted octanol–water partition coefficient (Wildman–Crippen LogP) is 1.86. The number of hydrogen-bond donors (Lipinski definition) is 0. The minimum absolute atomic E-state index is 0.0136. The summed E-state index contributed by atoms with van der Waals surface area (Å²) >= 11 is 0. The lowest BCUT2D eigenvalue weighted by atomic mass is 10.0. The fourth-order valence-electron chi connectivity index (χ4n) is 3.41. The van der Waals surface area contributed by atoms with Gasteiger partial charge in [0.1, 0.15) is 5.60 Å². The minimum Gasteiger partial charge on any atom is -0.483 e. The Balaban J connectivity index is 1.59. The number of nitrogens with zero attached hydrogens (tertiary/aromatic N) is 2. The third kappa shape index (κ3) is 4.06. The molecule has 0 aliphatic carbocycles. The zero-order valence-electron chi connectivity index (χ0n) is 15.2. The maximum atomic E-state index is 12.5. The molecule has 3 rings (SSSR count). The number of amides is 2. The van der Waals surface area contributed by atoms with E-state index in [-0.39, 0.29) is 24.0 Å². The molecule has 0 atom stereocenters. The Kier molecular flexibility index (Phi) is 4.88. The number of carbonyl (C=O) groups excluding carboxylic acids is 2. The molecule has 2 aliphatic rings. The Bertz CT molecular complexity index is 671. The van der Waals surface area contributed by atoms with Gasteiger partial charge in [0.05, 0.1) is 0 Å². The number of para-hydroxylation sites is 1. The molecule has 0 unspecified atom stereocenters. The van der Waals surface area contributed by atoms with Crippen molar-refractivity contribution < 1.29 is 19.1 Å². The molecule has 1 aromatic carbocycles. The highest BCUT2D eigenvalue weighted by Gasteiger charge is 2.32. The molecule has 2 aliphatic heterocycles. The van der Waals surface area contributed by atoms with E-state index in [1.165, 1.54) is 0 Å². The van der Waals surface area contributed by atoms with Crippen LogP contribution in [-0.2, 0) is 16.0 Å². The van der Waals surface area contributed by atoms with Gasteiger partial charge in [0.2, 0.25) is 5.91 Å². The molecule has 0 N–H and O–H groups in total. The molecule has 0 radical (unpaired) electrons. The SMILES string of the molecule is CC(=O)N1CCCN(C(=O)COc2cccc3c2OC(C)(C)C3)CC1. The summed E-state index contributed by atoms with van der Waals surface area (Å²) in [6.45, 7) is 8.13. The lowest BCUT2D eigenvalue weighted by molar-refractivity contribution is -0.134. The molecule has 0 spiro atoms. The van der Waals surface area contributed by atoms with Crippen LogP contribution in [-0.4, -0.2) is 60.0 Å². The summed E-state index contributed by atoms with van der Waals surface area (Å²) in [7, 11) is 0. The van der Waals surface area contributed by atoms with Gasteiger partial charge in [0.25, 0.3) is 5.91 Å². The summed E-state index contributed by atoms with van der Waals surface area (Å²) in [4.78, 5) is 27.5. The first-order valence-corrected chi connectivity index (χ1v) is 8.83. The van der Waals surface area contributed by atoms with E-state index >= 15 is 0 Å². The van der Waals surface area contributed by atoms with Crippen LogP contribution < -0.4 is 9.47 Å². The zero-order chi connectivity index (χ0) is 18.0. The summed E-state index contributed by atoms with van der Waals surface area (Å²) in [5.74, 6) is 1.38. The van der Waals surface area contributed by atoms with E-state index in [2.05, 4.69) is 0 Å². The second-order valence-electron chi connectivity index (χ2n) is 7.31. The number of hydrogen-bond acceptors (Lipinski definition) is 4. The Morgan fingerprint density at radius 2 is 1.88 bits per heavy atom. The third-order valence-electron chi connectivity index (χ3n) is 4.70. The van der Waals surface area contributed by atoms with Crippen molar-refractivity contribution in [3.05, 3.63) is 23.8 Å². The highest BCUT2D eigenvalue weighted by Crippen LogP contribution is 2.41. The number of rotatable bonds is 3. The van der Waals surface area contributed by atoms with Gasteiger partial charge in [-0.25, -0.2) is 0 Å². The van der Waals surface area contributed by atoms with Gasteiger partial charge in [0, 0.05) is 45.1 Å². The molecule has 136 valence electrons. The van der Waals surface area contributed by atoms with Gasteiger partial charge < -0.3 is 19.3 Å². The largest absolute Gasteiger partial charge is 0.483 e. The van der Waals surface area contributed by atoms with E-state index in [0.29, 0.717) is 31.9 Å². The molecule has 1 aromatic rings. The first kappa shape index (κ1) is 17.6. The van der Waals surface area contributed by atoms with Crippen molar-refractivity contribution in [1.82, 2.24) is 9.80 Å². The van der Waals surface area contributed by atoms with Crippen LogP contribution in [0.15, 0.2) is 18.2 Å². The van der Waals surface area contributed by atoms with E-state index in [4.69, 9.17) is 9.47 Å². The van der Waals surface area contributed by atoms with Crippen molar-refractivity contribution in [3.8, 4) is 11.5 Å². The second kappa shape index (κ2) is 6.94. The molecule has 0 bridgehead atoms. The van der Waals surface area contributed by atoms with Gasteiger partial charge >= 0.3 is 0 Å². The molecule has 1 saturated heterocycles. The van der Waals surface area contributed by atoms with Crippen LogP contribution in [0, 0.1) is 0 Å². The van der Waals surface area contributed by atoms with Crippen LogP contribution in [0.25, 0.3) is 0 Å². The molecule has 0 aromatic heterocycles. The lowest BCUT2D eigenvalue weighted by Crippen LogP contribution is -2.38. The van der Waals surface area contributed by atoms with Crippen molar-refractivity contribution in [2.45, 2.75) is 39.2 Å². The topological polar surface area (TPSA) is 59.1 Å². The molecule has 25 heavy (non-hydrogen) atoms. The summed E-state index contributed by atoms with van der Waals surface area (Å²) in [6.07, 6.45) is 1.63. The molecule has 6 nitrogen and oxygen atoms in total. The van der Waals surface area contributed by atoms with Gasteiger partial charge in [-0.05, 0) is 26.3 Å². The van der Waals surface area contributed by atoms with Crippen LogP contribution in [0.3, 0.4) is 0 Å². The number of benzene rings is 1. The molecule has 2 amide bonds. The van der Waals surface area contributed by atoms with E-state index < -0.39 is 0 Å². The van der Waals surface area contributed by atoms with Crippen LogP contribution >= 0.6 is 0 Å². The quantitative estimate of drug-likeness (QED) is 0.838. The van der Waals surface area contributed by atoms with Crippen molar-refractivity contribution in [3.63, 3.8) is 0 Å². The van der Waals surface area contributed by atoms with Gasteiger partial charge in [-0.2, -0.15) is 0 Å². The monoisotopic (exact) mass is 346 g/mol. The van der Waals surface area contributed by atoms with E-state index in [0.717, 1.165) is 24.2 Å². The van der Waals surface area contributed by atoms with Gasteiger partial charge in [-0.3, -0.25) is 9.59 Å². The summed E-state index contributed by atoms with van der Waals surface area (Å²) in [5.41, 5.74) is 0.869. The number of fused-ring (bicyclic) bond motifs is 1. The highest BCUT2D eigenvalue weighted by atomic mass is 16.5. The van der Waals surface area contributed by atoms with Crippen molar-refractivity contribution in [2.75, 3.05) is 32.8 Å². The molecular formula is C19H26N2O4. The minimum atomic E-state index is -0.243. The number of carbonyl (C=O) groups is 2. The van der Waals surface area contributed by atoms with E-state index in [1.807, 2.05) is 32.0 Å². The number of ether oxygens (including phenoxy) is 2. The summed E-state index contributed by atoms with van der Waals surface area (Å²) in [6, 6.07) is 5.80. The first-order valence-electron chi connectivity index (χ1n) is 8.83. The highest BCUT2D eigenvalue weighted by molar-refractivity contribution is 5.78. The van der Waals surface area contributed by atoms with Crippen LogP contribution in [0.5, 0.6) is 11.5 Å². The second-order valence-corrected chi connectivity index (χ2v) is 7.31. The zero-order valence-corrected chi connectivity index (χ0v) is 15.2. The Morgan fingerprint density at radius 3 is 2.64 bits per heavy atom. The summed E-state index contributed by atoms with van der Waals surface area (Å²) < 4.78 is 11.7. The van der Waals surface area contributed by atoms with Crippen LogP contribution in [0.1, 0.15) is 32.8 Å². The Morgan fingerprint density at radius 1 is 1.16 bits per heavy atom. The first-order chi connectivity index (χ1) is 11.9. The van der Waals surface area contributed by atoms with Crippen molar-refractivity contribution >= 4 is 11.8 Å². The Hall–Kier alpha value is -2.24. The molecule has 6 heteroatoms. The molecule has 0 saturated carbocycles. The van der Waals surface area contributed by atoms with Gasteiger partial charge in [-0.15, -0.1) is 0 Å². The van der Waals surface area contributed by atoms with Crippen molar-refractivity contribution in [1.29, 1.82) is 0 Å². The maximum Gasteiger partial charge on any atom is 0.260 e. The average Bonchev–Trinajstić information content (AvgIpc) is 2.73. The average molecular weight is 346 g/mol.